The molecule has 4 rings (SSSR count). The first-order chi connectivity index (χ1) is 15.8. The summed E-state index contributed by atoms with van der Waals surface area (Å²) in [7, 11) is 0. The molecule has 4 nitrogen and oxygen atoms in total. The highest BCUT2D eigenvalue weighted by Crippen LogP contribution is 2.12. The molecule has 0 bridgehead atoms. The molecular weight excluding hydrogens is 392 g/mol. The third-order valence-electron chi connectivity index (χ3n) is 5.45. The molecule has 162 valence electrons. The number of pyridine rings is 2. The molecule has 0 saturated heterocycles. The Hall–Kier alpha value is -3.34. The van der Waals surface area contributed by atoms with Gasteiger partial charge in [0.1, 0.15) is 0 Å². The molecule has 0 aliphatic rings. The summed E-state index contributed by atoms with van der Waals surface area (Å²) in [6.07, 6.45) is 3.75. The minimum absolute atomic E-state index is 0.832. The van der Waals surface area contributed by atoms with Crippen molar-refractivity contribution < 1.29 is 0 Å². The minimum atomic E-state index is 0.832. The summed E-state index contributed by atoms with van der Waals surface area (Å²) in [5.74, 6) is 0. The zero-order valence-electron chi connectivity index (χ0n) is 18.4. The molecule has 0 saturated carbocycles. The van der Waals surface area contributed by atoms with Gasteiger partial charge in [-0.3, -0.25) is 19.8 Å². The maximum atomic E-state index is 4.56. The summed E-state index contributed by atoms with van der Waals surface area (Å²) in [5.41, 5.74) is 4.84. The van der Waals surface area contributed by atoms with Crippen molar-refractivity contribution >= 4 is 0 Å². The standard InChI is InChI=1S/C28H30N4/c1-3-11-25(12-4-1)21-31(23-27-15-7-9-17-29-27)19-20-32(22-26-13-5-2-6-14-26)24-28-16-8-10-18-30-28/h1-18H,19-24H2. The van der Waals surface area contributed by atoms with Gasteiger partial charge in [0, 0.05) is 51.7 Å². The van der Waals surface area contributed by atoms with Crippen LogP contribution in [0.4, 0.5) is 0 Å². The molecule has 0 fully saturated rings. The molecule has 4 aromatic rings. The van der Waals surface area contributed by atoms with E-state index in [0.717, 1.165) is 50.7 Å². The third-order valence-corrected chi connectivity index (χ3v) is 5.45. The molecule has 2 aromatic carbocycles. The minimum Gasteiger partial charge on any atom is -0.292 e. The first-order valence-electron chi connectivity index (χ1n) is 11.2. The Morgan fingerprint density at radius 1 is 0.438 bits per heavy atom. The molecule has 2 heterocycles. The van der Waals surface area contributed by atoms with Crippen molar-refractivity contribution in [2.75, 3.05) is 13.1 Å². The number of rotatable bonds is 11. The molecular formula is C28H30N4. The maximum absolute atomic E-state index is 4.56. The van der Waals surface area contributed by atoms with Crippen LogP contribution in [-0.4, -0.2) is 32.9 Å². The van der Waals surface area contributed by atoms with Crippen LogP contribution in [0, 0.1) is 0 Å². The molecule has 0 N–H and O–H groups in total. The van der Waals surface area contributed by atoms with Crippen molar-refractivity contribution in [3.63, 3.8) is 0 Å². The van der Waals surface area contributed by atoms with Gasteiger partial charge < -0.3 is 0 Å². The second-order valence-corrected chi connectivity index (χ2v) is 8.03. The van der Waals surface area contributed by atoms with E-state index in [0.29, 0.717) is 0 Å². The molecule has 32 heavy (non-hydrogen) atoms. The topological polar surface area (TPSA) is 32.3 Å². The van der Waals surface area contributed by atoms with Crippen LogP contribution in [-0.2, 0) is 26.2 Å². The van der Waals surface area contributed by atoms with Crippen LogP contribution in [0.15, 0.2) is 109 Å². The summed E-state index contributed by atoms with van der Waals surface area (Å²) in [4.78, 5) is 14.1. The number of nitrogens with zero attached hydrogens (tertiary/aromatic N) is 4. The maximum Gasteiger partial charge on any atom is 0.0544 e. The summed E-state index contributed by atoms with van der Waals surface area (Å²) in [5, 5.41) is 0. The van der Waals surface area contributed by atoms with Gasteiger partial charge in [0.2, 0.25) is 0 Å². The molecule has 0 aliphatic carbocycles. The van der Waals surface area contributed by atoms with Crippen molar-refractivity contribution in [3.05, 3.63) is 132 Å². The van der Waals surface area contributed by atoms with Gasteiger partial charge in [0.25, 0.3) is 0 Å². The van der Waals surface area contributed by atoms with Crippen LogP contribution in [0.25, 0.3) is 0 Å². The molecule has 4 heteroatoms. The van der Waals surface area contributed by atoms with E-state index in [-0.39, 0.29) is 0 Å². The first-order valence-corrected chi connectivity index (χ1v) is 11.2. The molecule has 0 spiro atoms. The summed E-state index contributed by atoms with van der Waals surface area (Å²) in [6.45, 7) is 5.37. The van der Waals surface area contributed by atoms with Gasteiger partial charge in [-0.05, 0) is 35.4 Å². The Balaban J connectivity index is 1.47. The molecule has 0 amide bonds. The van der Waals surface area contributed by atoms with Gasteiger partial charge >= 0.3 is 0 Å². The van der Waals surface area contributed by atoms with Crippen LogP contribution in [0.1, 0.15) is 22.5 Å². The fraction of sp³-hybridized carbons (Fsp3) is 0.214. The summed E-state index contributed by atoms with van der Waals surface area (Å²) >= 11 is 0. The summed E-state index contributed by atoms with van der Waals surface area (Å²) < 4.78 is 0. The van der Waals surface area contributed by atoms with E-state index < -0.39 is 0 Å². The summed E-state index contributed by atoms with van der Waals surface area (Å²) in [6, 6.07) is 33.6. The third kappa shape index (κ3) is 7.12. The van der Waals surface area contributed by atoms with Gasteiger partial charge in [-0.2, -0.15) is 0 Å². The fourth-order valence-corrected chi connectivity index (χ4v) is 3.84. The lowest BCUT2D eigenvalue weighted by atomic mass is 10.2. The van der Waals surface area contributed by atoms with Gasteiger partial charge in [0.15, 0.2) is 0 Å². The van der Waals surface area contributed by atoms with E-state index in [1.54, 1.807) is 0 Å². The van der Waals surface area contributed by atoms with Crippen molar-refractivity contribution in [3.8, 4) is 0 Å². The number of benzene rings is 2. The van der Waals surface area contributed by atoms with E-state index in [1.165, 1.54) is 11.1 Å². The van der Waals surface area contributed by atoms with Crippen molar-refractivity contribution in [1.82, 2.24) is 19.8 Å². The Morgan fingerprint density at radius 2 is 0.844 bits per heavy atom. The largest absolute Gasteiger partial charge is 0.292 e. The highest BCUT2D eigenvalue weighted by Gasteiger charge is 2.13. The van der Waals surface area contributed by atoms with Crippen LogP contribution in [0.2, 0.25) is 0 Å². The molecule has 2 aromatic heterocycles. The Kier molecular flexibility index (Phi) is 8.13. The Labute approximate surface area is 191 Å². The van der Waals surface area contributed by atoms with Crippen molar-refractivity contribution in [2.24, 2.45) is 0 Å². The van der Waals surface area contributed by atoms with E-state index in [9.17, 15) is 0 Å². The zero-order chi connectivity index (χ0) is 21.8. The van der Waals surface area contributed by atoms with Crippen molar-refractivity contribution in [2.45, 2.75) is 26.2 Å². The molecule has 0 atom stereocenters. The fourth-order valence-electron chi connectivity index (χ4n) is 3.84. The van der Waals surface area contributed by atoms with E-state index in [1.807, 2.05) is 24.5 Å². The quantitative estimate of drug-likeness (QED) is 0.333. The highest BCUT2D eigenvalue weighted by atomic mass is 15.2. The van der Waals surface area contributed by atoms with E-state index in [4.69, 9.17) is 0 Å². The molecule has 0 unspecified atom stereocenters. The second kappa shape index (κ2) is 11.9. The average molecular weight is 423 g/mol. The van der Waals surface area contributed by atoms with Gasteiger partial charge in [0.05, 0.1) is 11.4 Å². The van der Waals surface area contributed by atoms with Crippen molar-refractivity contribution in [1.29, 1.82) is 0 Å². The molecule has 0 aliphatic heterocycles. The number of aromatic nitrogens is 2. The first kappa shape index (κ1) is 21.9. The number of hydrogen-bond donors (Lipinski definition) is 0. The average Bonchev–Trinajstić information content (AvgIpc) is 2.85. The van der Waals surface area contributed by atoms with E-state index in [2.05, 4.69) is 105 Å². The lowest BCUT2D eigenvalue weighted by Crippen LogP contribution is -2.34. The normalized spacial score (nSPS) is 11.2. The van der Waals surface area contributed by atoms with Gasteiger partial charge in [-0.1, -0.05) is 72.8 Å². The van der Waals surface area contributed by atoms with Gasteiger partial charge in [-0.25, -0.2) is 0 Å². The highest BCUT2D eigenvalue weighted by molar-refractivity contribution is 5.16. The van der Waals surface area contributed by atoms with Crippen LogP contribution in [0.3, 0.4) is 0 Å². The predicted octanol–water partition coefficient (Wildman–Crippen LogP) is 5.18. The van der Waals surface area contributed by atoms with Crippen LogP contribution < -0.4 is 0 Å². The smallest absolute Gasteiger partial charge is 0.0544 e. The Bertz CT molecular complexity index is 854. The van der Waals surface area contributed by atoms with Crippen LogP contribution in [0.5, 0.6) is 0 Å². The zero-order valence-corrected chi connectivity index (χ0v) is 18.4. The van der Waals surface area contributed by atoms with Crippen LogP contribution >= 0.6 is 0 Å². The van der Waals surface area contributed by atoms with E-state index >= 15 is 0 Å². The van der Waals surface area contributed by atoms with Gasteiger partial charge in [-0.15, -0.1) is 0 Å². The molecule has 0 radical (unpaired) electrons. The second-order valence-electron chi connectivity index (χ2n) is 8.03. The predicted molar refractivity (Wildman–Crippen MR) is 130 cm³/mol. The lowest BCUT2D eigenvalue weighted by Gasteiger charge is -2.28. The Morgan fingerprint density at radius 3 is 1.22 bits per heavy atom. The lowest BCUT2D eigenvalue weighted by molar-refractivity contribution is 0.180. The SMILES string of the molecule is c1ccc(CN(CCN(Cc2ccccc2)Cc2ccccn2)Cc2ccccn2)cc1. The number of hydrogen-bond acceptors (Lipinski definition) is 4. The monoisotopic (exact) mass is 422 g/mol.